The van der Waals surface area contributed by atoms with Crippen LogP contribution in [0.4, 0.5) is 4.79 Å². The Bertz CT molecular complexity index is 937. The van der Waals surface area contributed by atoms with Gasteiger partial charge in [-0.2, -0.15) is 0 Å². The molecule has 4 rings (SSSR count). The summed E-state index contributed by atoms with van der Waals surface area (Å²) in [6, 6.07) is 18.9. The van der Waals surface area contributed by atoms with E-state index in [1.54, 1.807) is 16.7 Å². The summed E-state index contributed by atoms with van der Waals surface area (Å²) in [7, 11) is 0. The fraction of sp³-hybridized carbons (Fsp3) is 0.375. The van der Waals surface area contributed by atoms with Crippen molar-refractivity contribution in [3.8, 4) is 0 Å². The summed E-state index contributed by atoms with van der Waals surface area (Å²) in [5.74, 6) is -0.114. The molecule has 2 aromatic rings. The smallest absolute Gasteiger partial charge is 0.322 e. The number of hydrogen-bond donors (Lipinski definition) is 1. The van der Waals surface area contributed by atoms with Crippen molar-refractivity contribution >= 4 is 29.5 Å². The Hall–Kier alpha value is -2.80. The molecule has 31 heavy (non-hydrogen) atoms. The number of carboxylic acid groups (broad SMARTS) is 1. The number of aliphatic carboxylic acids is 1. The van der Waals surface area contributed by atoms with Crippen LogP contribution in [-0.2, 0) is 16.1 Å². The first-order valence-electron chi connectivity index (χ1n) is 10.6. The third-order valence-corrected chi connectivity index (χ3v) is 7.22. The van der Waals surface area contributed by atoms with Gasteiger partial charge < -0.3 is 14.9 Å². The third kappa shape index (κ3) is 4.61. The van der Waals surface area contributed by atoms with Gasteiger partial charge in [0, 0.05) is 25.1 Å². The minimum atomic E-state index is -0.849. The first-order chi connectivity index (χ1) is 15.1. The summed E-state index contributed by atoms with van der Waals surface area (Å²) in [4.78, 5) is 41.1. The van der Waals surface area contributed by atoms with E-state index in [1.165, 1.54) is 0 Å². The van der Waals surface area contributed by atoms with Gasteiger partial charge in [0.25, 0.3) is 0 Å². The van der Waals surface area contributed by atoms with Gasteiger partial charge in [0.05, 0.1) is 6.04 Å². The fourth-order valence-electron chi connectivity index (χ4n) is 4.42. The zero-order chi connectivity index (χ0) is 21.8. The van der Waals surface area contributed by atoms with Crippen LogP contribution in [0.2, 0.25) is 0 Å². The van der Waals surface area contributed by atoms with Gasteiger partial charge in [-0.3, -0.25) is 9.59 Å². The van der Waals surface area contributed by atoms with Gasteiger partial charge in [0.15, 0.2) is 5.78 Å². The maximum atomic E-state index is 13.5. The number of unbranched alkanes of at least 4 members (excludes halogenated alkanes) is 1. The first-order valence-corrected chi connectivity index (χ1v) is 11.6. The highest BCUT2D eigenvalue weighted by Crippen LogP contribution is 2.47. The molecule has 3 atom stereocenters. The molecule has 7 heteroatoms. The number of nitrogens with zero attached hydrogens (tertiary/aromatic N) is 2. The van der Waals surface area contributed by atoms with E-state index in [9.17, 15) is 14.4 Å². The SMILES string of the molecule is O=C(O)CCCCC(=O)C1[C@@H]2CSC(c3ccccc3)N2C(=O)N1Cc1ccccc1. The quantitative estimate of drug-likeness (QED) is 0.590. The Morgan fingerprint density at radius 2 is 1.61 bits per heavy atom. The topological polar surface area (TPSA) is 77.9 Å². The van der Waals surface area contributed by atoms with Crippen LogP contribution in [0.15, 0.2) is 60.7 Å². The lowest BCUT2D eigenvalue weighted by molar-refractivity contribution is -0.137. The van der Waals surface area contributed by atoms with Crippen LogP contribution in [0.25, 0.3) is 0 Å². The maximum absolute atomic E-state index is 13.5. The number of ketones is 1. The molecule has 162 valence electrons. The molecule has 2 aliphatic heterocycles. The minimum Gasteiger partial charge on any atom is -0.481 e. The van der Waals surface area contributed by atoms with Crippen LogP contribution in [0.3, 0.4) is 0 Å². The van der Waals surface area contributed by atoms with Crippen molar-refractivity contribution < 1.29 is 19.5 Å². The number of hydrogen-bond acceptors (Lipinski definition) is 4. The van der Waals surface area contributed by atoms with Crippen molar-refractivity contribution in [2.45, 2.75) is 49.7 Å². The number of rotatable bonds is 9. The molecule has 2 heterocycles. The van der Waals surface area contributed by atoms with Gasteiger partial charge >= 0.3 is 12.0 Å². The molecule has 0 spiro atoms. The van der Waals surface area contributed by atoms with Gasteiger partial charge in [-0.25, -0.2) is 4.79 Å². The lowest BCUT2D eigenvalue weighted by atomic mass is 9.99. The van der Waals surface area contributed by atoms with Gasteiger partial charge in [-0.05, 0) is 24.0 Å². The predicted octanol–water partition coefficient (Wildman–Crippen LogP) is 4.32. The second kappa shape index (κ2) is 9.56. The first kappa shape index (κ1) is 21.4. The molecule has 0 aliphatic carbocycles. The number of Topliss-reactive ketones (excluding diaryl/α,β-unsaturated/α-hetero) is 1. The Kier molecular flexibility index (Phi) is 6.61. The van der Waals surface area contributed by atoms with E-state index < -0.39 is 12.0 Å². The lowest BCUT2D eigenvalue weighted by Crippen LogP contribution is -2.43. The molecule has 2 saturated heterocycles. The van der Waals surface area contributed by atoms with E-state index in [0.29, 0.717) is 31.6 Å². The maximum Gasteiger partial charge on any atom is 0.322 e. The zero-order valence-electron chi connectivity index (χ0n) is 17.2. The molecule has 6 nitrogen and oxygen atoms in total. The Morgan fingerprint density at radius 3 is 2.29 bits per heavy atom. The number of benzene rings is 2. The summed E-state index contributed by atoms with van der Waals surface area (Å²) in [5.41, 5.74) is 2.06. The van der Waals surface area contributed by atoms with E-state index in [4.69, 9.17) is 5.11 Å². The molecule has 2 unspecified atom stereocenters. The normalized spacial score (nSPS) is 22.6. The molecule has 2 aliphatic rings. The molecular weight excluding hydrogens is 412 g/mol. The van der Waals surface area contributed by atoms with Crippen molar-refractivity contribution in [3.05, 3.63) is 71.8 Å². The van der Waals surface area contributed by atoms with E-state index in [0.717, 1.165) is 11.1 Å². The van der Waals surface area contributed by atoms with E-state index in [-0.39, 0.29) is 29.7 Å². The van der Waals surface area contributed by atoms with Gasteiger partial charge in [0.2, 0.25) is 0 Å². The molecule has 0 aromatic heterocycles. The number of fused-ring (bicyclic) bond motifs is 1. The largest absolute Gasteiger partial charge is 0.481 e. The summed E-state index contributed by atoms with van der Waals surface area (Å²) in [6.07, 6.45) is 1.35. The molecule has 2 fully saturated rings. The number of thioether (sulfide) groups is 1. The molecule has 0 radical (unpaired) electrons. The Labute approximate surface area is 186 Å². The molecule has 1 N–H and O–H groups in total. The molecule has 0 bridgehead atoms. The predicted molar refractivity (Wildman–Crippen MR) is 120 cm³/mol. The zero-order valence-corrected chi connectivity index (χ0v) is 18.0. The van der Waals surface area contributed by atoms with Gasteiger partial charge in [-0.1, -0.05) is 60.7 Å². The Morgan fingerprint density at radius 1 is 0.968 bits per heavy atom. The lowest BCUT2D eigenvalue weighted by Gasteiger charge is -2.25. The second-order valence-electron chi connectivity index (χ2n) is 7.98. The Balaban J connectivity index is 1.56. The average Bonchev–Trinajstić information content (AvgIpc) is 3.32. The average molecular weight is 439 g/mol. The summed E-state index contributed by atoms with van der Waals surface area (Å²) >= 11 is 1.70. The van der Waals surface area contributed by atoms with E-state index >= 15 is 0 Å². The second-order valence-corrected chi connectivity index (χ2v) is 9.09. The molecule has 2 amide bonds. The van der Waals surface area contributed by atoms with E-state index in [2.05, 4.69) is 0 Å². The highest BCUT2D eigenvalue weighted by atomic mass is 32.2. The van der Waals surface area contributed by atoms with Crippen molar-refractivity contribution in [1.29, 1.82) is 0 Å². The number of urea groups is 1. The number of carboxylic acids is 1. The van der Waals surface area contributed by atoms with Crippen molar-refractivity contribution in [2.75, 3.05) is 5.75 Å². The van der Waals surface area contributed by atoms with Crippen LogP contribution in [0, 0.1) is 0 Å². The van der Waals surface area contributed by atoms with Crippen LogP contribution in [-0.4, -0.2) is 50.5 Å². The van der Waals surface area contributed by atoms with Gasteiger partial charge in [-0.15, -0.1) is 11.8 Å². The number of carbonyl (C=O) groups excluding carboxylic acids is 2. The van der Waals surface area contributed by atoms with Gasteiger partial charge in [0.1, 0.15) is 11.4 Å². The van der Waals surface area contributed by atoms with Crippen molar-refractivity contribution in [2.24, 2.45) is 0 Å². The van der Waals surface area contributed by atoms with Crippen LogP contribution in [0.1, 0.15) is 42.2 Å². The molecule has 0 saturated carbocycles. The van der Waals surface area contributed by atoms with Crippen LogP contribution in [0.5, 0.6) is 0 Å². The van der Waals surface area contributed by atoms with E-state index in [1.807, 2.05) is 65.6 Å². The summed E-state index contributed by atoms with van der Waals surface area (Å²) in [5, 5.41) is 8.75. The third-order valence-electron chi connectivity index (χ3n) is 5.88. The van der Waals surface area contributed by atoms with Crippen LogP contribution < -0.4 is 0 Å². The van der Waals surface area contributed by atoms with Crippen LogP contribution >= 0.6 is 11.8 Å². The van der Waals surface area contributed by atoms with Crippen molar-refractivity contribution in [3.63, 3.8) is 0 Å². The number of carbonyl (C=O) groups is 3. The fourth-order valence-corrected chi connectivity index (χ4v) is 5.90. The molecular formula is C24H26N2O4S. The minimum absolute atomic E-state index is 0.0245. The highest BCUT2D eigenvalue weighted by molar-refractivity contribution is 7.99. The standard InChI is InChI=1S/C24H26N2O4S/c27-20(13-7-8-14-21(28)29)22-19-16-31-23(18-11-5-2-6-12-18)26(19)24(30)25(22)15-17-9-3-1-4-10-17/h1-6,9-12,19,22-23H,7-8,13-16H2,(H,28,29)/t19-,22?,23?/m0/s1. The summed E-state index contributed by atoms with van der Waals surface area (Å²) < 4.78 is 0. The number of amides is 2. The van der Waals surface area contributed by atoms with Crippen molar-refractivity contribution in [1.82, 2.24) is 9.80 Å². The highest BCUT2D eigenvalue weighted by Gasteiger charge is 2.54. The monoisotopic (exact) mass is 438 g/mol. The molecule has 2 aromatic carbocycles. The summed E-state index contributed by atoms with van der Waals surface area (Å²) in [6.45, 7) is 0.393.